The number of rotatable bonds is 5. The highest BCUT2D eigenvalue weighted by Gasteiger charge is 2.19. The first-order valence-corrected chi connectivity index (χ1v) is 8.07. The number of nitrogens with zero attached hydrogens (tertiary/aromatic N) is 5. The molecule has 0 spiro atoms. The van der Waals surface area contributed by atoms with E-state index < -0.39 is 20.7 Å². The predicted octanol–water partition coefficient (Wildman–Crippen LogP) is 1.000. The molecule has 3 rings (SSSR count). The molecular weight excluding hydrogens is 323 g/mol. The third-order valence-electron chi connectivity index (χ3n) is 3.14. The summed E-state index contributed by atoms with van der Waals surface area (Å²) in [5.74, 6) is -0.812. The Morgan fingerprint density at radius 1 is 1.26 bits per heavy atom. The molecule has 2 heterocycles. The Balaban J connectivity index is 1.79. The van der Waals surface area contributed by atoms with Crippen LogP contribution in [-0.4, -0.2) is 33.2 Å². The van der Waals surface area contributed by atoms with Crippen molar-refractivity contribution in [2.24, 2.45) is 7.05 Å². The number of nitrogens with one attached hydrogen (secondary N) is 1. The molecule has 3 aromatic rings. The molecule has 0 atom stereocenters. The Hall–Kier alpha value is -2.75. The molecular formula is C13H13FN6O2S. The van der Waals surface area contributed by atoms with Crippen molar-refractivity contribution in [3.05, 3.63) is 54.4 Å². The number of sulfonamides is 1. The quantitative estimate of drug-likeness (QED) is 0.750. The van der Waals surface area contributed by atoms with Gasteiger partial charge in [-0.2, -0.15) is 5.10 Å². The molecule has 0 amide bonds. The zero-order chi connectivity index (χ0) is 16.4. The standard InChI is InChI=1S/C13H13FN6O2S/c1-19-11(7-15-18-19)9-20-8-10(6-16-20)17-23(21,22)13-5-3-2-4-12(13)14/h2-8,17H,9H2,1H3. The zero-order valence-electron chi connectivity index (χ0n) is 12.1. The first-order chi connectivity index (χ1) is 11.0. The van der Waals surface area contributed by atoms with E-state index in [-0.39, 0.29) is 5.69 Å². The van der Waals surface area contributed by atoms with Gasteiger partial charge in [0.05, 0.1) is 30.3 Å². The van der Waals surface area contributed by atoms with Gasteiger partial charge in [-0.3, -0.25) is 14.1 Å². The molecule has 0 unspecified atom stereocenters. The van der Waals surface area contributed by atoms with Crippen LogP contribution in [0.25, 0.3) is 0 Å². The molecule has 1 aromatic carbocycles. The smallest absolute Gasteiger partial charge is 0.264 e. The van der Waals surface area contributed by atoms with E-state index in [2.05, 4.69) is 20.1 Å². The summed E-state index contributed by atoms with van der Waals surface area (Å²) in [5, 5.41) is 11.6. The maximum absolute atomic E-state index is 13.6. The monoisotopic (exact) mass is 336 g/mol. The van der Waals surface area contributed by atoms with Gasteiger partial charge in [-0.1, -0.05) is 17.3 Å². The first kappa shape index (κ1) is 15.2. The van der Waals surface area contributed by atoms with Crippen LogP contribution in [-0.2, 0) is 23.6 Å². The lowest BCUT2D eigenvalue weighted by atomic mass is 10.4. The zero-order valence-corrected chi connectivity index (χ0v) is 12.9. The summed E-state index contributed by atoms with van der Waals surface area (Å²) in [7, 11) is -2.27. The highest BCUT2D eigenvalue weighted by Crippen LogP contribution is 2.18. The Morgan fingerprint density at radius 3 is 2.74 bits per heavy atom. The van der Waals surface area contributed by atoms with Crippen molar-refractivity contribution in [1.29, 1.82) is 0 Å². The van der Waals surface area contributed by atoms with Crippen molar-refractivity contribution in [2.45, 2.75) is 11.4 Å². The van der Waals surface area contributed by atoms with E-state index >= 15 is 0 Å². The second-order valence-electron chi connectivity index (χ2n) is 4.81. The van der Waals surface area contributed by atoms with Crippen molar-refractivity contribution in [2.75, 3.05) is 4.72 Å². The average molecular weight is 336 g/mol. The average Bonchev–Trinajstić information content (AvgIpc) is 3.09. The lowest BCUT2D eigenvalue weighted by molar-refractivity contribution is 0.570. The summed E-state index contributed by atoms with van der Waals surface area (Å²) in [4.78, 5) is -0.413. The largest absolute Gasteiger partial charge is 0.276 e. The number of hydrogen-bond acceptors (Lipinski definition) is 5. The minimum absolute atomic E-state index is 0.239. The number of aromatic nitrogens is 5. The van der Waals surface area contributed by atoms with E-state index in [4.69, 9.17) is 0 Å². The lowest BCUT2D eigenvalue weighted by Crippen LogP contribution is -2.14. The number of halogens is 1. The molecule has 1 N–H and O–H groups in total. The van der Waals surface area contributed by atoms with Gasteiger partial charge in [-0.05, 0) is 12.1 Å². The third-order valence-corrected chi connectivity index (χ3v) is 4.56. The van der Waals surface area contributed by atoms with Gasteiger partial charge in [0.2, 0.25) is 0 Å². The van der Waals surface area contributed by atoms with Gasteiger partial charge in [0.15, 0.2) is 0 Å². The molecule has 2 aromatic heterocycles. The summed E-state index contributed by atoms with van der Waals surface area (Å²) in [6, 6.07) is 5.17. The molecule has 10 heteroatoms. The van der Waals surface area contributed by atoms with Gasteiger partial charge < -0.3 is 0 Å². The van der Waals surface area contributed by atoms with E-state index in [1.807, 2.05) is 0 Å². The maximum atomic E-state index is 13.6. The SMILES string of the molecule is Cn1nncc1Cn1cc(NS(=O)(=O)c2ccccc2F)cn1. The van der Waals surface area contributed by atoms with Gasteiger partial charge in [0.25, 0.3) is 10.0 Å². The fourth-order valence-corrected chi connectivity index (χ4v) is 3.10. The Labute approximate surface area is 131 Å². The molecule has 0 aliphatic heterocycles. The Kier molecular flexibility index (Phi) is 3.82. The summed E-state index contributed by atoms with van der Waals surface area (Å²) in [5.41, 5.74) is 1.04. The normalized spacial score (nSPS) is 11.6. The summed E-state index contributed by atoms with van der Waals surface area (Å²) in [6.07, 6.45) is 4.44. The summed E-state index contributed by atoms with van der Waals surface area (Å²) < 4.78 is 43.4. The molecule has 23 heavy (non-hydrogen) atoms. The van der Waals surface area contributed by atoms with Crippen LogP contribution >= 0.6 is 0 Å². The molecule has 0 aliphatic carbocycles. The van der Waals surface area contributed by atoms with Gasteiger partial charge in [-0.25, -0.2) is 12.8 Å². The van der Waals surface area contributed by atoms with Crippen LogP contribution in [0.5, 0.6) is 0 Å². The molecule has 8 nitrogen and oxygen atoms in total. The Bertz CT molecular complexity index is 933. The van der Waals surface area contributed by atoms with Crippen LogP contribution in [0, 0.1) is 5.82 Å². The van der Waals surface area contributed by atoms with Crippen molar-refractivity contribution < 1.29 is 12.8 Å². The molecule has 0 bridgehead atoms. The minimum Gasteiger partial charge on any atom is -0.276 e. The first-order valence-electron chi connectivity index (χ1n) is 6.59. The van der Waals surface area contributed by atoms with Crippen LogP contribution in [0.4, 0.5) is 10.1 Å². The number of aryl methyl sites for hydroxylation is 1. The lowest BCUT2D eigenvalue weighted by Gasteiger charge is -2.06. The minimum atomic E-state index is -4.01. The second kappa shape index (κ2) is 5.80. The van der Waals surface area contributed by atoms with E-state index in [0.29, 0.717) is 6.54 Å². The van der Waals surface area contributed by atoms with E-state index in [0.717, 1.165) is 11.8 Å². The fraction of sp³-hybridized carbons (Fsp3) is 0.154. The van der Waals surface area contributed by atoms with Crippen LogP contribution in [0.2, 0.25) is 0 Å². The molecule has 0 aliphatic rings. The molecule has 0 saturated carbocycles. The summed E-state index contributed by atoms with van der Waals surface area (Å²) in [6.45, 7) is 0.380. The van der Waals surface area contributed by atoms with E-state index in [1.165, 1.54) is 35.3 Å². The van der Waals surface area contributed by atoms with Crippen LogP contribution in [0.1, 0.15) is 5.69 Å². The topological polar surface area (TPSA) is 94.7 Å². The van der Waals surface area contributed by atoms with Gasteiger partial charge in [-0.15, -0.1) is 5.10 Å². The van der Waals surface area contributed by atoms with Crippen molar-refractivity contribution in [3.63, 3.8) is 0 Å². The highest BCUT2D eigenvalue weighted by atomic mass is 32.2. The van der Waals surface area contributed by atoms with Crippen molar-refractivity contribution in [1.82, 2.24) is 24.8 Å². The van der Waals surface area contributed by atoms with Crippen LogP contribution in [0.15, 0.2) is 47.8 Å². The van der Waals surface area contributed by atoms with Crippen molar-refractivity contribution in [3.8, 4) is 0 Å². The molecule has 0 fully saturated rings. The predicted molar refractivity (Wildman–Crippen MR) is 79.5 cm³/mol. The van der Waals surface area contributed by atoms with Gasteiger partial charge in [0.1, 0.15) is 10.7 Å². The maximum Gasteiger partial charge on any atom is 0.264 e. The van der Waals surface area contributed by atoms with Crippen LogP contribution in [0.3, 0.4) is 0 Å². The van der Waals surface area contributed by atoms with E-state index in [9.17, 15) is 12.8 Å². The molecule has 120 valence electrons. The van der Waals surface area contributed by atoms with Crippen LogP contribution < -0.4 is 4.72 Å². The molecule has 0 radical (unpaired) electrons. The number of hydrogen-bond donors (Lipinski definition) is 1. The van der Waals surface area contributed by atoms with E-state index in [1.54, 1.807) is 17.9 Å². The van der Waals surface area contributed by atoms with Gasteiger partial charge >= 0.3 is 0 Å². The Morgan fingerprint density at radius 2 is 2.04 bits per heavy atom. The third kappa shape index (κ3) is 3.21. The number of benzene rings is 1. The second-order valence-corrected chi connectivity index (χ2v) is 6.46. The number of anilines is 1. The highest BCUT2D eigenvalue weighted by molar-refractivity contribution is 7.92. The fourth-order valence-electron chi connectivity index (χ4n) is 2.00. The van der Waals surface area contributed by atoms with Gasteiger partial charge in [0, 0.05) is 13.2 Å². The summed E-state index contributed by atoms with van der Waals surface area (Å²) >= 11 is 0. The molecule has 0 saturated heterocycles. The van der Waals surface area contributed by atoms with Crippen molar-refractivity contribution >= 4 is 15.7 Å².